The second-order valence-corrected chi connectivity index (χ2v) is 8.53. The van der Waals surface area contributed by atoms with E-state index in [0.29, 0.717) is 22.7 Å². The Hall–Kier alpha value is -3.59. The van der Waals surface area contributed by atoms with Crippen molar-refractivity contribution in [1.29, 1.82) is 0 Å². The first-order valence-electron chi connectivity index (χ1n) is 10.2. The standard InChI is InChI=1S/C23H22N4O4S/c1-4-31-23(30)16-12-15-19(24-18-9-5-6-10-26(18)22(15)29)27(13-14(2)3)20(16)25-21(28)17-8-7-11-32-17/h5-12,14H,4,13H2,1-3H3. The normalized spacial score (nSPS) is 12.1. The van der Waals surface area contributed by atoms with Gasteiger partial charge in [0.15, 0.2) is 5.49 Å². The fourth-order valence-corrected chi connectivity index (χ4v) is 4.05. The van der Waals surface area contributed by atoms with E-state index in [4.69, 9.17) is 4.74 Å². The number of hydrogen-bond donors (Lipinski definition) is 0. The predicted octanol–water partition coefficient (Wildman–Crippen LogP) is 3.28. The molecule has 32 heavy (non-hydrogen) atoms. The van der Waals surface area contributed by atoms with Crippen LogP contribution in [-0.4, -0.2) is 32.4 Å². The third-order valence-electron chi connectivity index (χ3n) is 4.77. The molecule has 0 bridgehead atoms. The van der Waals surface area contributed by atoms with Gasteiger partial charge in [0.1, 0.15) is 16.9 Å². The number of pyridine rings is 2. The first kappa shape index (κ1) is 21.6. The molecule has 0 radical (unpaired) electrons. The molecule has 4 aromatic heterocycles. The highest BCUT2D eigenvalue weighted by Crippen LogP contribution is 2.14. The number of esters is 1. The van der Waals surface area contributed by atoms with Crippen LogP contribution in [0.2, 0.25) is 0 Å². The van der Waals surface area contributed by atoms with Crippen LogP contribution >= 0.6 is 11.3 Å². The summed E-state index contributed by atoms with van der Waals surface area (Å²) in [5.74, 6) is -0.996. The molecule has 0 aliphatic rings. The number of rotatable bonds is 5. The van der Waals surface area contributed by atoms with Crippen LogP contribution in [0.25, 0.3) is 16.7 Å². The van der Waals surface area contributed by atoms with Gasteiger partial charge in [-0.1, -0.05) is 26.0 Å². The maximum absolute atomic E-state index is 13.2. The van der Waals surface area contributed by atoms with Crippen LogP contribution in [0.4, 0.5) is 0 Å². The lowest BCUT2D eigenvalue weighted by Crippen LogP contribution is -2.33. The summed E-state index contributed by atoms with van der Waals surface area (Å²) in [6.07, 6.45) is 1.62. The summed E-state index contributed by atoms with van der Waals surface area (Å²) in [6.45, 7) is 6.23. The van der Waals surface area contributed by atoms with Crippen molar-refractivity contribution < 1.29 is 14.3 Å². The maximum atomic E-state index is 13.2. The van der Waals surface area contributed by atoms with Crippen molar-refractivity contribution in [3.8, 4) is 0 Å². The molecule has 1 amide bonds. The third kappa shape index (κ3) is 3.99. The van der Waals surface area contributed by atoms with Crippen molar-refractivity contribution in [2.45, 2.75) is 27.3 Å². The highest BCUT2D eigenvalue weighted by molar-refractivity contribution is 7.12. The molecule has 4 rings (SSSR count). The Morgan fingerprint density at radius 3 is 2.72 bits per heavy atom. The molecule has 0 saturated heterocycles. The van der Waals surface area contributed by atoms with Crippen LogP contribution in [0.15, 0.2) is 57.8 Å². The highest BCUT2D eigenvalue weighted by Gasteiger charge is 2.20. The summed E-state index contributed by atoms with van der Waals surface area (Å²) < 4.78 is 8.32. The Morgan fingerprint density at radius 2 is 2.03 bits per heavy atom. The van der Waals surface area contributed by atoms with Gasteiger partial charge in [-0.3, -0.25) is 14.0 Å². The summed E-state index contributed by atoms with van der Waals surface area (Å²) in [4.78, 5) is 48.4. The van der Waals surface area contributed by atoms with Gasteiger partial charge in [-0.2, -0.15) is 4.99 Å². The quantitative estimate of drug-likeness (QED) is 0.343. The molecule has 0 aromatic carbocycles. The van der Waals surface area contributed by atoms with E-state index >= 15 is 0 Å². The molecule has 9 heteroatoms. The topological polar surface area (TPSA) is 95.0 Å². The number of hydrogen-bond acceptors (Lipinski definition) is 6. The first-order chi connectivity index (χ1) is 15.4. The number of nitrogens with zero attached hydrogens (tertiary/aromatic N) is 4. The predicted molar refractivity (Wildman–Crippen MR) is 122 cm³/mol. The Labute approximate surface area is 187 Å². The average Bonchev–Trinajstić information content (AvgIpc) is 3.30. The van der Waals surface area contributed by atoms with Gasteiger partial charge >= 0.3 is 5.97 Å². The van der Waals surface area contributed by atoms with Gasteiger partial charge < -0.3 is 9.30 Å². The Kier molecular flexibility index (Phi) is 6.00. The van der Waals surface area contributed by atoms with E-state index < -0.39 is 11.9 Å². The van der Waals surface area contributed by atoms with Crippen molar-refractivity contribution in [3.63, 3.8) is 0 Å². The molecule has 8 nitrogen and oxygen atoms in total. The molecule has 4 aromatic rings. The molecule has 0 N–H and O–H groups in total. The zero-order valence-corrected chi connectivity index (χ0v) is 18.8. The minimum absolute atomic E-state index is 0.0553. The van der Waals surface area contributed by atoms with Crippen LogP contribution in [-0.2, 0) is 11.3 Å². The van der Waals surface area contributed by atoms with E-state index in [2.05, 4.69) is 9.98 Å². The third-order valence-corrected chi connectivity index (χ3v) is 5.63. The van der Waals surface area contributed by atoms with E-state index in [1.807, 2.05) is 13.8 Å². The Morgan fingerprint density at radius 1 is 1.22 bits per heavy atom. The van der Waals surface area contributed by atoms with E-state index in [1.54, 1.807) is 53.4 Å². The lowest BCUT2D eigenvalue weighted by molar-refractivity contribution is 0.0523. The highest BCUT2D eigenvalue weighted by atomic mass is 32.1. The Bertz CT molecular complexity index is 1450. The molecule has 0 fully saturated rings. The van der Waals surface area contributed by atoms with E-state index in [1.165, 1.54) is 21.8 Å². The van der Waals surface area contributed by atoms with Gasteiger partial charge in [0.2, 0.25) is 0 Å². The SMILES string of the molecule is CCOC(=O)c1cc2c(=O)n3ccccc3nc2n(CC(C)C)c1=NC(=O)c1cccs1. The zero-order chi connectivity index (χ0) is 22.8. The van der Waals surface area contributed by atoms with Crippen LogP contribution in [0.5, 0.6) is 0 Å². The number of amides is 1. The lowest BCUT2D eigenvalue weighted by atomic mass is 10.1. The summed E-state index contributed by atoms with van der Waals surface area (Å²) in [7, 11) is 0. The van der Waals surface area contributed by atoms with E-state index in [-0.39, 0.29) is 34.5 Å². The van der Waals surface area contributed by atoms with Crippen molar-refractivity contribution in [2.75, 3.05) is 6.61 Å². The number of ether oxygens (including phenoxy) is 1. The van der Waals surface area contributed by atoms with Crippen LogP contribution in [0.1, 0.15) is 40.8 Å². The zero-order valence-electron chi connectivity index (χ0n) is 17.9. The largest absolute Gasteiger partial charge is 0.462 e. The molecule has 0 spiro atoms. The molecule has 4 heterocycles. The number of fused-ring (bicyclic) bond motifs is 2. The second kappa shape index (κ2) is 8.88. The first-order valence-corrected chi connectivity index (χ1v) is 11.1. The molecular weight excluding hydrogens is 428 g/mol. The van der Waals surface area contributed by atoms with Gasteiger partial charge in [-0.25, -0.2) is 9.78 Å². The fourth-order valence-electron chi connectivity index (χ4n) is 3.45. The molecule has 0 aliphatic heterocycles. The number of carbonyl (C=O) groups is 2. The van der Waals surface area contributed by atoms with Crippen LogP contribution in [0, 0.1) is 5.92 Å². The minimum atomic E-state index is -0.651. The van der Waals surface area contributed by atoms with Gasteiger partial charge in [-0.15, -0.1) is 11.3 Å². The number of aromatic nitrogens is 3. The van der Waals surface area contributed by atoms with Crippen LogP contribution < -0.4 is 11.0 Å². The number of thiophene rings is 1. The van der Waals surface area contributed by atoms with Crippen molar-refractivity contribution in [3.05, 3.63) is 74.3 Å². The molecule has 0 aliphatic carbocycles. The van der Waals surface area contributed by atoms with E-state index in [9.17, 15) is 14.4 Å². The summed E-state index contributed by atoms with van der Waals surface area (Å²) in [6, 6.07) is 10.1. The van der Waals surface area contributed by atoms with Crippen molar-refractivity contribution in [2.24, 2.45) is 10.9 Å². The monoisotopic (exact) mass is 450 g/mol. The average molecular weight is 451 g/mol. The molecule has 0 unspecified atom stereocenters. The molecule has 0 atom stereocenters. The summed E-state index contributed by atoms with van der Waals surface area (Å²) in [5.41, 5.74) is 0.697. The van der Waals surface area contributed by atoms with Crippen LogP contribution in [0.3, 0.4) is 0 Å². The Balaban J connectivity index is 2.15. The van der Waals surface area contributed by atoms with Crippen molar-refractivity contribution in [1.82, 2.24) is 14.0 Å². The summed E-state index contributed by atoms with van der Waals surface area (Å²) >= 11 is 1.26. The smallest absolute Gasteiger partial charge is 0.341 e. The van der Waals surface area contributed by atoms with Crippen molar-refractivity contribution >= 4 is 39.9 Å². The number of carbonyl (C=O) groups excluding carboxylic acids is 2. The molecular formula is C23H22N4O4S. The van der Waals surface area contributed by atoms with Gasteiger partial charge in [-0.05, 0) is 42.5 Å². The fraction of sp³-hybridized carbons (Fsp3) is 0.261. The minimum Gasteiger partial charge on any atom is -0.462 e. The van der Waals surface area contributed by atoms with E-state index in [0.717, 1.165) is 0 Å². The van der Waals surface area contributed by atoms with Gasteiger partial charge in [0.05, 0.1) is 16.9 Å². The van der Waals surface area contributed by atoms with Gasteiger partial charge in [0.25, 0.3) is 11.5 Å². The summed E-state index contributed by atoms with van der Waals surface area (Å²) in [5, 5.41) is 2.03. The van der Waals surface area contributed by atoms with Gasteiger partial charge in [0, 0.05) is 12.7 Å². The maximum Gasteiger partial charge on any atom is 0.341 e. The molecule has 0 saturated carbocycles. The molecule has 164 valence electrons. The second-order valence-electron chi connectivity index (χ2n) is 7.58. The lowest BCUT2D eigenvalue weighted by Gasteiger charge is -2.16.